The van der Waals surface area contributed by atoms with Gasteiger partial charge in [-0.1, -0.05) is 25.5 Å². The van der Waals surface area contributed by atoms with Crippen molar-refractivity contribution >= 4 is 0 Å². The third-order valence-electron chi connectivity index (χ3n) is 7.96. The first-order chi connectivity index (χ1) is 11.4. The molecule has 2 aliphatic heterocycles. The number of rotatable bonds is 1. The van der Waals surface area contributed by atoms with E-state index in [1.807, 2.05) is 6.07 Å². The highest BCUT2D eigenvalue weighted by atomic mass is 16.7. The highest BCUT2D eigenvalue weighted by molar-refractivity contribution is 5.37. The molecule has 4 aliphatic rings. The zero-order valence-electron chi connectivity index (χ0n) is 14.7. The Balaban J connectivity index is 1.77. The minimum Gasteiger partial charge on any atom is -0.472 e. The molecule has 24 heavy (non-hydrogen) atoms. The molecule has 2 bridgehead atoms. The van der Waals surface area contributed by atoms with Crippen molar-refractivity contribution in [3.8, 4) is 0 Å². The van der Waals surface area contributed by atoms with Gasteiger partial charge >= 0.3 is 0 Å². The molecule has 4 heteroatoms. The van der Waals surface area contributed by atoms with Gasteiger partial charge in [0.1, 0.15) is 0 Å². The summed E-state index contributed by atoms with van der Waals surface area (Å²) in [5, 5.41) is 11.2. The van der Waals surface area contributed by atoms with Gasteiger partial charge in [-0.15, -0.1) is 0 Å². The van der Waals surface area contributed by atoms with Crippen LogP contribution in [0.25, 0.3) is 0 Å². The summed E-state index contributed by atoms with van der Waals surface area (Å²) in [6.07, 6.45) is 8.87. The molecule has 2 saturated heterocycles. The van der Waals surface area contributed by atoms with Crippen molar-refractivity contribution in [1.29, 1.82) is 0 Å². The largest absolute Gasteiger partial charge is 0.472 e. The summed E-state index contributed by atoms with van der Waals surface area (Å²) in [7, 11) is 0. The second-order valence-electron chi connectivity index (χ2n) is 8.63. The molecule has 1 N–H and O–H groups in total. The third-order valence-corrected chi connectivity index (χ3v) is 7.96. The highest BCUT2D eigenvalue weighted by Crippen LogP contribution is 2.75. The molecule has 1 spiro atoms. The molecule has 1 saturated carbocycles. The van der Waals surface area contributed by atoms with E-state index in [9.17, 15) is 5.11 Å². The number of aliphatic hydroxyl groups is 1. The van der Waals surface area contributed by atoms with E-state index >= 15 is 0 Å². The zero-order chi connectivity index (χ0) is 16.8. The van der Waals surface area contributed by atoms with Crippen LogP contribution in [0.3, 0.4) is 0 Å². The van der Waals surface area contributed by atoms with Crippen LogP contribution < -0.4 is 0 Å². The number of hydrogen-bond donors (Lipinski definition) is 1. The second kappa shape index (κ2) is 4.35. The van der Waals surface area contributed by atoms with Gasteiger partial charge in [-0.3, -0.25) is 0 Å². The normalized spacial score (nSPS) is 52.8. The van der Waals surface area contributed by atoms with Crippen LogP contribution in [0.15, 0.2) is 34.7 Å². The van der Waals surface area contributed by atoms with Gasteiger partial charge in [0, 0.05) is 17.4 Å². The fourth-order valence-electron chi connectivity index (χ4n) is 6.48. The fourth-order valence-corrected chi connectivity index (χ4v) is 6.48. The van der Waals surface area contributed by atoms with Gasteiger partial charge in [0.05, 0.1) is 36.3 Å². The van der Waals surface area contributed by atoms with Crippen molar-refractivity contribution in [3.05, 3.63) is 35.8 Å². The quantitative estimate of drug-likeness (QED) is 0.797. The van der Waals surface area contributed by atoms with Crippen LogP contribution in [0.4, 0.5) is 0 Å². The van der Waals surface area contributed by atoms with E-state index in [-0.39, 0.29) is 11.0 Å². The summed E-state index contributed by atoms with van der Waals surface area (Å²) in [5.41, 5.74) is 1.38. The molecule has 130 valence electrons. The summed E-state index contributed by atoms with van der Waals surface area (Å²) in [6.45, 7) is 7.29. The molecular formula is C20H26O4. The lowest BCUT2D eigenvalue weighted by atomic mass is 9.44. The van der Waals surface area contributed by atoms with Crippen molar-refractivity contribution in [3.63, 3.8) is 0 Å². The minimum absolute atomic E-state index is 0.0322. The predicted molar refractivity (Wildman–Crippen MR) is 88.1 cm³/mol. The van der Waals surface area contributed by atoms with E-state index in [1.54, 1.807) is 12.5 Å². The molecule has 0 aromatic carbocycles. The number of aliphatic hydroxyl groups excluding tert-OH is 1. The Labute approximate surface area is 142 Å². The topological polar surface area (TPSA) is 51.8 Å². The zero-order valence-corrected chi connectivity index (χ0v) is 14.7. The predicted octanol–water partition coefficient (Wildman–Crippen LogP) is 3.76. The van der Waals surface area contributed by atoms with Gasteiger partial charge in [-0.25, -0.2) is 0 Å². The molecule has 5 rings (SSSR count). The summed E-state index contributed by atoms with van der Waals surface area (Å²) >= 11 is 0. The van der Waals surface area contributed by atoms with Crippen molar-refractivity contribution < 1.29 is 19.0 Å². The van der Waals surface area contributed by atoms with Crippen molar-refractivity contribution in [2.45, 2.75) is 63.9 Å². The Morgan fingerprint density at radius 2 is 2.17 bits per heavy atom. The molecule has 1 unspecified atom stereocenters. The van der Waals surface area contributed by atoms with Crippen LogP contribution in [0.5, 0.6) is 0 Å². The average Bonchev–Trinajstić information content (AvgIpc) is 3.14. The van der Waals surface area contributed by atoms with Gasteiger partial charge < -0.3 is 19.0 Å². The monoisotopic (exact) mass is 330 g/mol. The molecule has 4 nitrogen and oxygen atoms in total. The Morgan fingerprint density at radius 3 is 2.92 bits per heavy atom. The first-order valence-electron chi connectivity index (χ1n) is 9.12. The maximum atomic E-state index is 11.2. The van der Waals surface area contributed by atoms with Crippen LogP contribution in [0.2, 0.25) is 0 Å². The molecule has 2 aliphatic carbocycles. The van der Waals surface area contributed by atoms with E-state index in [4.69, 9.17) is 13.9 Å². The van der Waals surface area contributed by atoms with Gasteiger partial charge in [-0.2, -0.15) is 0 Å². The van der Waals surface area contributed by atoms with E-state index in [0.29, 0.717) is 12.5 Å². The van der Waals surface area contributed by atoms with Crippen LogP contribution >= 0.6 is 0 Å². The summed E-state index contributed by atoms with van der Waals surface area (Å²) < 4.78 is 18.7. The first-order valence-corrected chi connectivity index (χ1v) is 9.12. The van der Waals surface area contributed by atoms with Gasteiger partial charge in [0.25, 0.3) is 0 Å². The van der Waals surface area contributed by atoms with E-state index in [1.165, 1.54) is 5.57 Å². The average molecular weight is 330 g/mol. The van der Waals surface area contributed by atoms with Crippen molar-refractivity contribution in [1.82, 2.24) is 0 Å². The van der Waals surface area contributed by atoms with E-state index in [0.717, 1.165) is 31.2 Å². The summed E-state index contributed by atoms with van der Waals surface area (Å²) in [6, 6.07) is 1.96. The Morgan fingerprint density at radius 1 is 1.33 bits per heavy atom. The van der Waals surface area contributed by atoms with Crippen LogP contribution in [-0.4, -0.2) is 23.4 Å². The van der Waals surface area contributed by atoms with Gasteiger partial charge in [0.15, 0.2) is 5.79 Å². The molecule has 3 heterocycles. The standard InChI is InChI=1S/C20H26O4/c1-13-5-4-7-20-17(3)11-19(24-20,15-6-8-22-10-15)23-12-18(13,20)16(21)9-14(17)2/h5-6,8,10,14,16,21H,4,7,9,11-12H2,1-3H3/t14-,16+,17+,18+,19-,20?/m0/s1. The smallest absolute Gasteiger partial charge is 0.199 e. The molecule has 3 fully saturated rings. The molecule has 0 radical (unpaired) electrons. The Kier molecular flexibility index (Phi) is 2.75. The number of furan rings is 1. The Hall–Kier alpha value is -1.10. The van der Waals surface area contributed by atoms with Crippen LogP contribution in [0.1, 0.15) is 52.0 Å². The fraction of sp³-hybridized carbons (Fsp3) is 0.700. The number of allylic oxidation sites excluding steroid dienone is 1. The maximum absolute atomic E-state index is 11.2. The van der Waals surface area contributed by atoms with Crippen molar-refractivity contribution in [2.24, 2.45) is 16.7 Å². The lowest BCUT2D eigenvalue weighted by molar-refractivity contribution is -0.370. The molecule has 0 amide bonds. The molecule has 6 atom stereocenters. The third kappa shape index (κ3) is 1.36. The van der Waals surface area contributed by atoms with E-state index in [2.05, 4.69) is 26.8 Å². The molecule has 1 aromatic rings. The lowest BCUT2D eigenvalue weighted by Crippen LogP contribution is -2.71. The van der Waals surface area contributed by atoms with Gasteiger partial charge in [-0.05, 0) is 38.2 Å². The van der Waals surface area contributed by atoms with Crippen molar-refractivity contribution in [2.75, 3.05) is 6.61 Å². The van der Waals surface area contributed by atoms with Gasteiger partial charge in [0.2, 0.25) is 0 Å². The Bertz CT molecular complexity index is 709. The number of fused-ring (bicyclic) bond motifs is 1. The minimum atomic E-state index is -0.735. The van der Waals surface area contributed by atoms with Crippen LogP contribution in [-0.2, 0) is 15.3 Å². The van der Waals surface area contributed by atoms with E-state index < -0.39 is 17.3 Å². The first kappa shape index (κ1) is 15.2. The molecule has 1 aromatic heterocycles. The highest BCUT2D eigenvalue weighted by Gasteiger charge is 2.79. The number of hydrogen-bond acceptors (Lipinski definition) is 4. The SMILES string of the molecule is CC1=CCCC23O[C@]4(c5ccoc5)C[C@]2(C)[C@@H](C)C[C@@H](O)[C@@]13CO4. The maximum Gasteiger partial charge on any atom is 0.199 e. The number of ether oxygens (including phenoxy) is 2. The second-order valence-corrected chi connectivity index (χ2v) is 8.63. The summed E-state index contributed by atoms with van der Waals surface area (Å²) in [4.78, 5) is 0. The summed E-state index contributed by atoms with van der Waals surface area (Å²) in [5.74, 6) is -0.358. The molecular weight excluding hydrogens is 304 g/mol. The lowest BCUT2D eigenvalue weighted by Gasteiger charge is -2.65. The van der Waals surface area contributed by atoms with Crippen LogP contribution in [0, 0.1) is 16.7 Å².